The summed E-state index contributed by atoms with van der Waals surface area (Å²) in [5, 5.41) is 22.1. The smallest absolute Gasteiger partial charge is 0.269 e. The molecule has 8 nitrogen and oxygen atoms in total. The van der Waals surface area contributed by atoms with Gasteiger partial charge in [0, 0.05) is 41.9 Å². The first-order valence-electron chi connectivity index (χ1n) is 9.74. The fourth-order valence-electron chi connectivity index (χ4n) is 3.31. The predicted molar refractivity (Wildman–Crippen MR) is 119 cm³/mol. The van der Waals surface area contributed by atoms with E-state index in [0.29, 0.717) is 34.4 Å². The SMILES string of the molecule is O=C(NCCNc1ccc([N+](=O)[O-])cc1)c1cnn(-c2ccc(Cl)cc2Cl)c1C1CC1. The third kappa shape index (κ3) is 4.81. The molecule has 1 amide bonds. The van der Waals surface area contributed by atoms with Crippen molar-refractivity contribution in [2.24, 2.45) is 0 Å². The van der Waals surface area contributed by atoms with Gasteiger partial charge in [-0.1, -0.05) is 23.2 Å². The van der Waals surface area contributed by atoms with Crippen molar-refractivity contribution >= 4 is 40.5 Å². The van der Waals surface area contributed by atoms with Gasteiger partial charge in [0.05, 0.1) is 33.1 Å². The van der Waals surface area contributed by atoms with Crippen LogP contribution in [0.4, 0.5) is 11.4 Å². The Morgan fingerprint density at radius 3 is 2.55 bits per heavy atom. The van der Waals surface area contributed by atoms with Crippen molar-refractivity contribution in [3.05, 3.63) is 80.1 Å². The highest BCUT2D eigenvalue weighted by molar-refractivity contribution is 6.35. The number of hydrogen-bond donors (Lipinski definition) is 2. The zero-order valence-corrected chi connectivity index (χ0v) is 17.9. The van der Waals surface area contributed by atoms with Crippen LogP contribution in [-0.2, 0) is 0 Å². The maximum Gasteiger partial charge on any atom is 0.269 e. The molecular weight excluding hydrogens is 441 g/mol. The Kier molecular flexibility index (Phi) is 6.11. The Bertz CT molecular complexity index is 1130. The number of carbonyl (C=O) groups is 1. The lowest BCUT2D eigenvalue weighted by Crippen LogP contribution is -2.29. The van der Waals surface area contributed by atoms with Crippen LogP contribution < -0.4 is 10.6 Å². The molecule has 3 aromatic rings. The van der Waals surface area contributed by atoms with E-state index in [1.54, 1.807) is 41.2 Å². The summed E-state index contributed by atoms with van der Waals surface area (Å²) in [5.41, 5.74) is 2.84. The molecular formula is C21H19Cl2N5O3. The van der Waals surface area contributed by atoms with Gasteiger partial charge in [-0.3, -0.25) is 14.9 Å². The third-order valence-corrected chi connectivity index (χ3v) is 5.51. The van der Waals surface area contributed by atoms with Gasteiger partial charge < -0.3 is 10.6 Å². The van der Waals surface area contributed by atoms with Crippen LogP contribution in [0.15, 0.2) is 48.7 Å². The Morgan fingerprint density at radius 1 is 1.16 bits per heavy atom. The summed E-state index contributed by atoms with van der Waals surface area (Å²) in [7, 11) is 0. The fourth-order valence-corrected chi connectivity index (χ4v) is 3.80. The van der Waals surface area contributed by atoms with E-state index in [1.807, 2.05) is 0 Å². The average molecular weight is 460 g/mol. The van der Waals surface area contributed by atoms with Crippen molar-refractivity contribution in [3.8, 4) is 5.69 Å². The van der Waals surface area contributed by atoms with E-state index in [2.05, 4.69) is 15.7 Å². The van der Waals surface area contributed by atoms with E-state index >= 15 is 0 Å². The normalized spacial score (nSPS) is 13.1. The highest BCUT2D eigenvalue weighted by atomic mass is 35.5. The molecule has 4 rings (SSSR count). The number of hydrogen-bond acceptors (Lipinski definition) is 5. The van der Waals surface area contributed by atoms with Crippen molar-refractivity contribution in [3.63, 3.8) is 0 Å². The second-order valence-electron chi connectivity index (χ2n) is 7.21. The lowest BCUT2D eigenvalue weighted by molar-refractivity contribution is -0.384. The minimum absolute atomic E-state index is 0.0317. The van der Waals surface area contributed by atoms with Gasteiger partial charge in [-0.25, -0.2) is 4.68 Å². The van der Waals surface area contributed by atoms with Gasteiger partial charge in [-0.15, -0.1) is 0 Å². The number of nitrogens with zero attached hydrogens (tertiary/aromatic N) is 3. The molecule has 10 heteroatoms. The van der Waals surface area contributed by atoms with Crippen LogP contribution in [-0.4, -0.2) is 33.7 Å². The topological polar surface area (TPSA) is 102 Å². The third-order valence-electron chi connectivity index (χ3n) is 4.97. The molecule has 0 unspecified atom stereocenters. The molecule has 160 valence electrons. The molecule has 1 saturated carbocycles. The molecule has 0 saturated heterocycles. The number of carbonyl (C=O) groups excluding carboxylic acids is 1. The molecule has 31 heavy (non-hydrogen) atoms. The summed E-state index contributed by atoms with van der Waals surface area (Å²) in [5.74, 6) is 0.0666. The molecule has 1 heterocycles. The van der Waals surface area contributed by atoms with E-state index in [-0.39, 0.29) is 17.5 Å². The number of nitro benzene ring substituents is 1. The molecule has 0 atom stereocenters. The van der Waals surface area contributed by atoms with Gasteiger partial charge in [-0.2, -0.15) is 5.10 Å². The van der Waals surface area contributed by atoms with E-state index < -0.39 is 4.92 Å². The molecule has 0 aliphatic heterocycles. The molecule has 1 aliphatic rings. The highest BCUT2D eigenvalue weighted by Crippen LogP contribution is 2.43. The average Bonchev–Trinajstić information content (AvgIpc) is 3.50. The number of amides is 1. The Labute approximate surface area is 188 Å². The second kappa shape index (κ2) is 8.95. The lowest BCUT2D eigenvalue weighted by atomic mass is 10.1. The second-order valence-corrected chi connectivity index (χ2v) is 8.06. The molecule has 2 aromatic carbocycles. The van der Waals surface area contributed by atoms with E-state index in [4.69, 9.17) is 23.2 Å². The van der Waals surface area contributed by atoms with Crippen LogP contribution in [0.5, 0.6) is 0 Å². The Hall–Kier alpha value is -3.10. The largest absolute Gasteiger partial charge is 0.383 e. The van der Waals surface area contributed by atoms with Gasteiger partial charge in [0.1, 0.15) is 0 Å². The van der Waals surface area contributed by atoms with E-state index in [1.165, 1.54) is 12.1 Å². The van der Waals surface area contributed by atoms with Crippen molar-refractivity contribution in [1.29, 1.82) is 0 Å². The number of aromatic nitrogens is 2. The molecule has 0 bridgehead atoms. The summed E-state index contributed by atoms with van der Waals surface area (Å²) in [6.45, 7) is 0.853. The molecule has 1 fully saturated rings. The van der Waals surface area contributed by atoms with Gasteiger partial charge in [-0.05, 0) is 43.2 Å². The summed E-state index contributed by atoms with van der Waals surface area (Å²) in [4.78, 5) is 23.1. The summed E-state index contributed by atoms with van der Waals surface area (Å²) >= 11 is 12.3. The van der Waals surface area contributed by atoms with E-state index in [9.17, 15) is 14.9 Å². The maximum absolute atomic E-state index is 12.8. The first kappa shape index (κ1) is 21.1. The first-order chi connectivity index (χ1) is 14.9. The summed E-state index contributed by atoms with van der Waals surface area (Å²) in [6.07, 6.45) is 3.56. The zero-order valence-electron chi connectivity index (χ0n) is 16.3. The van der Waals surface area contributed by atoms with E-state index in [0.717, 1.165) is 24.2 Å². The van der Waals surface area contributed by atoms with Crippen LogP contribution in [0.2, 0.25) is 10.0 Å². The summed E-state index contributed by atoms with van der Waals surface area (Å²) in [6, 6.07) is 11.3. The van der Waals surface area contributed by atoms with Crippen LogP contribution in [0, 0.1) is 10.1 Å². The van der Waals surface area contributed by atoms with Crippen molar-refractivity contribution in [1.82, 2.24) is 15.1 Å². The standard InChI is InChI=1S/C21H19Cl2N5O3/c22-14-3-8-19(18(23)11-14)27-20(13-1-2-13)17(12-26-27)21(29)25-10-9-24-15-4-6-16(7-5-15)28(30)31/h3-8,11-13,24H,1-2,9-10H2,(H,25,29). The fraction of sp³-hybridized carbons (Fsp3) is 0.238. The number of nitrogens with one attached hydrogen (secondary N) is 2. The predicted octanol–water partition coefficient (Wildman–Crippen LogP) is 4.81. The van der Waals surface area contributed by atoms with Crippen LogP contribution in [0.1, 0.15) is 34.8 Å². The number of halogens is 2. The van der Waals surface area contributed by atoms with Crippen LogP contribution >= 0.6 is 23.2 Å². The number of anilines is 1. The van der Waals surface area contributed by atoms with Crippen molar-refractivity contribution in [2.45, 2.75) is 18.8 Å². The van der Waals surface area contributed by atoms with Gasteiger partial charge in [0.2, 0.25) is 0 Å². The highest BCUT2D eigenvalue weighted by Gasteiger charge is 2.33. The van der Waals surface area contributed by atoms with Gasteiger partial charge in [0.25, 0.3) is 11.6 Å². The number of non-ortho nitro benzene ring substituents is 1. The summed E-state index contributed by atoms with van der Waals surface area (Å²) < 4.78 is 1.72. The maximum atomic E-state index is 12.8. The molecule has 2 N–H and O–H groups in total. The number of rotatable bonds is 8. The quantitative estimate of drug-likeness (QED) is 0.286. The molecule has 0 spiro atoms. The Balaban J connectivity index is 1.41. The minimum Gasteiger partial charge on any atom is -0.383 e. The first-order valence-corrected chi connectivity index (χ1v) is 10.5. The number of benzene rings is 2. The number of nitro groups is 1. The minimum atomic E-state index is -0.446. The zero-order chi connectivity index (χ0) is 22.0. The molecule has 0 radical (unpaired) electrons. The van der Waals surface area contributed by atoms with Gasteiger partial charge >= 0.3 is 0 Å². The van der Waals surface area contributed by atoms with Crippen LogP contribution in [0.25, 0.3) is 5.69 Å². The molecule has 1 aromatic heterocycles. The van der Waals surface area contributed by atoms with Crippen molar-refractivity contribution in [2.75, 3.05) is 18.4 Å². The van der Waals surface area contributed by atoms with Crippen LogP contribution in [0.3, 0.4) is 0 Å². The molecule has 1 aliphatic carbocycles. The van der Waals surface area contributed by atoms with Gasteiger partial charge in [0.15, 0.2) is 0 Å². The van der Waals surface area contributed by atoms with Crippen molar-refractivity contribution < 1.29 is 9.72 Å². The monoisotopic (exact) mass is 459 g/mol. The Morgan fingerprint density at radius 2 is 1.90 bits per heavy atom. The lowest BCUT2D eigenvalue weighted by Gasteiger charge is -2.11.